The monoisotopic (exact) mass is 200 g/mol. The predicted molar refractivity (Wildman–Crippen MR) is 50.2 cm³/mol. The second-order valence-electron chi connectivity index (χ2n) is 3.11. The van der Waals surface area contributed by atoms with Crippen LogP contribution in [0.2, 0.25) is 0 Å². The molecule has 1 atom stereocenters. The quantitative estimate of drug-likeness (QED) is 0.395. The van der Waals surface area contributed by atoms with Gasteiger partial charge in [0, 0.05) is 19.1 Å². The van der Waals surface area contributed by atoms with Crippen LogP contribution >= 0.6 is 0 Å². The molecular formula is C10H16O4. The Morgan fingerprint density at radius 2 is 2.43 bits per heavy atom. The van der Waals surface area contributed by atoms with Crippen molar-refractivity contribution in [3.63, 3.8) is 0 Å². The number of allylic oxidation sites excluding steroid dienone is 1. The molecule has 4 heteroatoms. The van der Waals surface area contributed by atoms with E-state index in [2.05, 4.69) is 4.89 Å². The fraction of sp³-hybridized carbons (Fsp3) is 0.700. The first-order valence-electron chi connectivity index (χ1n) is 4.98. The molecule has 4 nitrogen and oxygen atoms in total. The molecule has 1 aliphatic heterocycles. The van der Waals surface area contributed by atoms with Gasteiger partial charge in [-0.15, -0.1) is 0 Å². The van der Waals surface area contributed by atoms with Crippen molar-refractivity contribution >= 4 is 5.97 Å². The minimum Gasteiger partial charge on any atom is -0.349 e. The number of hydrogen-bond acceptors (Lipinski definition) is 4. The molecule has 0 spiro atoms. The van der Waals surface area contributed by atoms with Gasteiger partial charge < -0.3 is 4.74 Å². The first-order chi connectivity index (χ1) is 6.83. The zero-order valence-electron chi connectivity index (χ0n) is 8.40. The van der Waals surface area contributed by atoms with Crippen molar-refractivity contribution in [3.05, 3.63) is 12.2 Å². The Morgan fingerprint density at radius 3 is 3.07 bits per heavy atom. The van der Waals surface area contributed by atoms with Crippen LogP contribution in [0, 0.1) is 0 Å². The molecular weight excluding hydrogens is 184 g/mol. The van der Waals surface area contributed by atoms with Crippen molar-refractivity contribution in [2.24, 2.45) is 0 Å². The van der Waals surface area contributed by atoms with Crippen LogP contribution < -0.4 is 0 Å². The Morgan fingerprint density at radius 1 is 1.57 bits per heavy atom. The van der Waals surface area contributed by atoms with Crippen molar-refractivity contribution < 1.29 is 19.3 Å². The third kappa shape index (κ3) is 4.39. The Kier molecular flexibility index (Phi) is 5.25. The highest BCUT2D eigenvalue weighted by Gasteiger charge is 2.16. The lowest BCUT2D eigenvalue weighted by molar-refractivity contribution is -0.355. The SMILES string of the molecule is CCC=CC(=O)OOC1CCCCO1. The van der Waals surface area contributed by atoms with Crippen LogP contribution in [0.5, 0.6) is 0 Å². The molecule has 1 saturated heterocycles. The molecule has 1 aliphatic rings. The highest BCUT2D eigenvalue weighted by molar-refractivity contribution is 5.81. The van der Waals surface area contributed by atoms with Gasteiger partial charge in [0.15, 0.2) is 0 Å². The normalized spacial score (nSPS) is 22.5. The summed E-state index contributed by atoms with van der Waals surface area (Å²) >= 11 is 0. The molecule has 0 aromatic carbocycles. The van der Waals surface area contributed by atoms with E-state index in [1.807, 2.05) is 6.92 Å². The molecule has 0 amide bonds. The summed E-state index contributed by atoms with van der Waals surface area (Å²) in [4.78, 5) is 20.3. The summed E-state index contributed by atoms with van der Waals surface area (Å²) in [7, 11) is 0. The Balaban J connectivity index is 2.12. The maximum absolute atomic E-state index is 11.0. The van der Waals surface area contributed by atoms with E-state index < -0.39 is 5.97 Å². The van der Waals surface area contributed by atoms with Gasteiger partial charge in [0.05, 0.1) is 0 Å². The fourth-order valence-electron chi connectivity index (χ4n) is 1.13. The van der Waals surface area contributed by atoms with Crippen LogP contribution in [0.3, 0.4) is 0 Å². The van der Waals surface area contributed by atoms with Crippen molar-refractivity contribution in [1.82, 2.24) is 0 Å². The van der Waals surface area contributed by atoms with Gasteiger partial charge in [-0.25, -0.2) is 4.79 Å². The van der Waals surface area contributed by atoms with E-state index in [1.54, 1.807) is 6.08 Å². The van der Waals surface area contributed by atoms with E-state index in [-0.39, 0.29) is 6.29 Å². The lowest BCUT2D eigenvalue weighted by Gasteiger charge is -2.20. The molecule has 1 heterocycles. The fourth-order valence-corrected chi connectivity index (χ4v) is 1.13. The predicted octanol–water partition coefficient (Wildman–Crippen LogP) is 1.95. The number of carbonyl (C=O) groups is 1. The maximum atomic E-state index is 11.0. The first-order valence-corrected chi connectivity index (χ1v) is 4.98. The average molecular weight is 200 g/mol. The van der Waals surface area contributed by atoms with Crippen molar-refractivity contribution in [1.29, 1.82) is 0 Å². The molecule has 80 valence electrons. The first kappa shape index (κ1) is 11.2. The molecule has 0 radical (unpaired) electrons. The standard InChI is InChI=1S/C10H16O4/c1-2-3-6-9(11)13-14-10-7-4-5-8-12-10/h3,6,10H,2,4-5,7-8H2,1H3. The molecule has 0 bridgehead atoms. The van der Waals surface area contributed by atoms with Gasteiger partial charge in [0.25, 0.3) is 0 Å². The molecule has 1 fully saturated rings. The second kappa shape index (κ2) is 6.56. The minimum absolute atomic E-state index is 0.386. The number of ether oxygens (including phenoxy) is 1. The Bertz CT molecular complexity index is 194. The van der Waals surface area contributed by atoms with E-state index >= 15 is 0 Å². The van der Waals surface area contributed by atoms with Crippen molar-refractivity contribution in [2.75, 3.05) is 6.61 Å². The Hall–Kier alpha value is -0.870. The summed E-state index contributed by atoms with van der Waals surface area (Å²) < 4.78 is 5.21. The van der Waals surface area contributed by atoms with E-state index in [9.17, 15) is 4.79 Å². The van der Waals surface area contributed by atoms with Crippen LogP contribution in [0.25, 0.3) is 0 Å². The zero-order valence-corrected chi connectivity index (χ0v) is 8.40. The molecule has 0 saturated carbocycles. The van der Waals surface area contributed by atoms with E-state index in [0.29, 0.717) is 6.61 Å². The topological polar surface area (TPSA) is 44.8 Å². The van der Waals surface area contributed by atoms with Gasteiger partial charge in [-0.1, -0.05) is 13.0 Å². The van der Waals surface area contributed by atoms with E-state index in [0.717, 1.165) is 25.7 Å². The number of hydrogen-bond donors (Lipinski definition) is 0. The molecule has 0 aliphatic carbocycles. The molecule has 1 unspecified atom stereocenters. The maximum Gasteiger partial charge on any atom is 0.365 e. The van der Waals surface area contributed by atoms with Crippen molar-refractivity contribution in [3.8, 4) is 0 Å². The van der Waals surface area contributed by atoms with Gasteiger partial charge in [-0.05, 0) is 19.3 Å². The number of carbonyl (C=O) groups excluding carboxylic acids is 1. The zero-order chi connectivity index (χ0) is 10.2. The summed E-state index contributed by atoms with van der Waals surface area (Å²) in [5.74, 6) is -0.485. The third-order valence-corrected chi connectivity index (χ3v) is 1.87. The summed E-state index contributed by atoms with van der Waals surface area (Å²) in [5, 5.41) is 0. The van der Waals surface area contributed by atoms with E-state index in [4.69, 9.17) is 9.62 Å². The lowest BCUT2D eigenvalue weighted by Crippen LogP contribution is -2.23. The Labute approximate surface area is 83.8 Å². The van der Waals surface area contributed by atoms with Gasteiger partial charge in [0.1, 0.15) is 0 Å². The van der Waals surface area contributed by atoms with Gasteiger partial charge in [-0.3, -0.25) is 4.89 Å². The van der Waals surface area contributed by atoms with Crippen LogP contribution in [-0.2, 0) is 19.3 Å². The second-order valence-corrected chi connectivity index (χ2v) is 3.11. The van der Waals surface area contributed by atoms with Crippen LogP contribution in [-0.4, -0.2) is 18.9 Å². The molecule has 0 N–H and O–H groups in total. The summed E-state index contributed by atoms with van der Waals surface area (Å²) in [6, 6.07) is 0. The average Bonchev–Trinajstić information content (AvgIpc) is 2.25. The smallest absolute Gasteiger partial charge is 0.349 e. The lowest BCUT2D eigenvalue weighted by atomic mass is 10.2. The minimum atomic E-state index is -0.485. The van der Waals surface area contributed by atoms with Gasteiger partial charge >= 0.3 is 5.97 Å². The largest absolute Gasteiger partial charge is 0.365 e. The van der Waals surface area contributed by atoms with E-state index in [1.165, 1.54) is 6.08 Å². The van der Waals surface area contributed by atoms with Crippen molar-refractivity contribution in [2.45, 2.75) is 38.9 Å². The molecule has 1 rings (SSSR count). The molecule has 0 aromatic heterocycles. The highest BCUT2D eigenvalue weighted by Crippen LogP contribution is 2.13. The third-order valence-electron chi connectivity index (χ3n) is 1.87. The summed E-state index contributed by atoms with van der Waals surface area (Å²) in [6.45, 7) is 2.61. The molecule has 14 heavy (non-hydrogen) atoms. The van der Waals surface area contributed by atoms with Crippen LogP contribution in [0.15, 0.2) is 12.2 Å². The highest BCUT2D eigenvalue weighted by atomic mass is 17.2. The van der Waals surface area contributed by atoms with Gasteiger partial charge in [-0.2, -0.15) is 4.89 Å². The van der Waals surface area contributed by atoms with Crippen LogP contribution in [0.1, 0.15) is 32.6 Å². The summed E-state index contributed by atoms with van der Waals surface area (Å²) in [6.07, 6.45) is 6.36. The molecule has 0 aromatic rings. The summed E-state index contributed by atoms with van der Waals surface area (Å²) in [5.41, 5.74) is 0. The van der Waals surface area contributed by atoms with Crippen LogP contribution in [0.4, 0.5) is 0 Å². The van der Waals surface area contributed by atoms with Gasteiger partial charge in [0.2, 0.25) is 6.29 Å². The number of rotatable bonds is 4.